The first kappa shape index (κ1) is 16.0. The maximum atomic E-state index is 11.8. The van der Waals surface area contributed by atoms with Crippen LogP contribution in [0.15, 0.2) is 24.3 Å². The lowest BCUT2D eigenvalue weighted by molar-refractivity contribution is -0.123. The van der Waals surface area contributed by atoms with Gasteiger partial charge in [-0.15, -0.1) is 0 Å². The summed E-state index contributed by atoms with van der Waals surface area (Å²) in [6.45, 7) is 2.27. The molecule has 0 aliphatic carbocycles. The summed E-state index contributed by atoms with van der Waals surface area (Å²) in [5.74, 6) is 0.477. The van der Waals surface area contributed by atoms with Crippen molar-refractivity contribution in [1.82, 2.24) is 16.0 Å². The lowest BCUT2D eigenvalue weighted by atomic mass is 10.2. The van der Waals surface area contributed by atoms with E-state index in [0.29, 0.717) is 6.54 Å². The van der Waals surface area contributed by atoms with Gasteiger partial charge in [0.1, 0.15) is 5.75 Å². The molecule has 1 atom stereocenters. The number of hydrogen-bond donors (Lipinski definition) is 3. The summed E-state index contributed by atoms with van der Waals surface area (Å²) >= 11 is 0. The zero-order valence-electron chi connectivity index (χ0n) is 12.0. The SMILES string of the molecule is CNC(=O)CN[C@@H](C)C(=O)NCc1ccc(OC)cc1. The average molecular weight is 279 g/mol. The van der Waals surface area contributed by atoms with Crippen molar-refractivity contribution >= 4 is 11.8 Å². The third-order valence-corrected chi connectivity index (χ3v) is 2.87. The van der Waals surface area contributed by atoms with Gasteiger partial charge < -0.3 is 15.4 Å². The van der Waals surface area contributed by atoms with Crippen LogP contribution in [0.2, 0.25) is 0 Å². The molecular weight excluding hydrogens is 258 g/mol. The number of ether oxygens (including phenoxy) is 1. The summed E-state index contributed by atoms with van der Waals surface area (Å²) < 4.78 is 5.06. The molecule has 1 aromatic carbocycles. The van der Waals surface area contributed by atoms with Crippen molar-refractivity contribution < 1.29 is 14.3 Å². The number of carbonyl (C=O) groups excluding carboxylic acids is 2. The number of methoxy groups -OCH3 is 1. The molecule has 0 heterocycles. The van der Waals surface area contributed by atoms with E-state index in [1.54, 1.807) is 21.1 Å². The molecule has 1 aromatic rings. The second-order valence-electron chi connectivity index (χ2n) is 4.34. The Morgan fingerprint density at radius 3 is 2.45 bits per heavy atom. The highest BCUT2D eigenvalue weighted by molar-refractivity contribution is 5.83. The fraction of sp³-hybridized carbons (Fsp3) is 0.429. The molecule has 0 fully saturated rings. The van der Waals surface area contributed by atoms with Crippen molar-refractivity contribution in [3.63, 3.8) is 0 Å². The van der Waals surface area contributed by atoms with Gasteiger partial charge in [-0.2, -0.15) is 0 Å². The Bertz CT molecular complexity index is 445. The van der Waals surface area contributed by atoms with Crippen LogP contribution >= 0.6 is 0 Å². The van der Waals surface area contributed by atoms with Crippen LogP contribution in [0.1, 0.15) is 12.5 Å². The van der Waals surface area contributed by atoms with Gasteiger partial charge in [0.25, 0.3) is 0 Å². The Balaban J connectivity index is 2.35. The molecule has 20 heavy (non-hydrogen) atoms. The van der Waals surface area contributed by atoms with Gasteiger partial charge in [0, 0.05) is 13.6 Å². The largest absolute Gasteiger partial charge is 0.497 e. The normalized spacial score (nSPS) is 11.6. The molecule has 0 radical (unpaired) electrons. The molecule has 0 aromatic heterocycles. The molecule has 0 bridgehead atoms. The number of carbonyl (C=O) groups is 2. The average Bonchev–Trinajstić information content (AvgIpc) is 2.50. The minimum Gasteiger partial charge on any atom is -0.497 e. The standard InChI is InChI=1S/C14H21N3O3/c1-10(16-9-13(18)15-2)14(19)17-8-11-4-6-12(20-3)7-5-11/h4-7,10,16H,8-9H2,1-3H3,(H,15,18)(H,17,19)/t10-/m0/s1. The summed E-state index contributed by atoms with van der Waals surface area (Å²) in [5, 5.41) is 8.13. The summed E-state index contributed by atoms with van der Waals surface area (Å²) in [7, 11) is 3.16. The maximum Gasteiger partial charge on any atom is 0.237 e. The van der Waals surface area contributed by atoms with E-state index in [0.717, 1.165) is 11.3 Å². The van der Waals surface area contributed by atoms with Crippen LogP contribution in [0, 0.1) is 0 Å². The van der Waals surface area contributed by atoms with Crippen LogP contribution in [-0.4, -0.2) is 38.6 Å². The summed E-state index contributed by atoms with van der Waals surface area (Å²) in [4.78, 5) is 22.9. The predicted molar refractivity (Wildman–Crippen MR) is 76.4 cm³/mol. The monoisotopic (exact) mass is 279 g/mol. The van der Waals surface area contributed by atoms with E-state index in [9.17, 15) is 9.59 Å². The molecule has 110 valence electrons. The van der Waals surface area contributed by atoms with Crippen LogP contribution in [0.3, 0.4) is 0 Å². The molecule has 6 heteroatoms. The van der Waals surface area contributed by atoms with Crippen molar-refractivity contribution in [1.29, 1.82) is 0 Å². The third-order valence-electron chi connectivity index (χ3n) is 2.87. The van der Waals surface area contributed by atoms with E-state index in [1.807, 2.05) is 24.3 Å². The highest BCUT2D eigenvalue weighted by atomic mass is 16.5. The number of likely N-dealkylation sites (N-methyl/N-ethyl adjacent to an activating group) is 1. The van der Waals surface area contributed by atoms with Gasteiger partial charge in [-0.1, -0.05) is 12.1 Å². The molecule has 0 aliphatic heterocycles. The molecule has 0 saturated heterocycles. The highest BCUT2D eigenvalue weighted by Gasteiger charge is 2.12. The van der Waals surface area contributed by atoms with E-state index in [4.69, 9.17) is 4.74 Å². The lowest BCUT2D eigenvalue weighted by Crippen LogP contribution is -2.45. The lowest BCUT2D eigenvalue weighted by Gasteiger charge is -2.13. The molecule has 6 nitrogen and oxygen atoms in total. The van der Waals surface area contributed by atoms with Crippen molar-refractivity contribution in [2.24, 2.45) is 0 Å². The predicted octanol–water partition coefficient (Wildman–Crippen LogP) is 0.0355. The number of rotatable bonds is 7. The second kappa shape index (κ2) is 8.16. The van der Waals surface area contributed by atoms with Gasteiger partial charge in [-0.3, -0.25) is 14.9 Å². The summed E-state index contributed by atoms with van der Waals surface area (Å²) in [6.07, 6.45) is 0. The zero-order chi connectivity index (χ0) is 15.0. The van der Waals surface area contributed by atoms with Crippen molar-refractivity contribution in [2.75, 3.05) is 20.7 Å². The molecule has 2 amide bonds. The highest BCUT2D eigenvalue weighted by Crippen LogP contribution is 2.10. The van der Waals surface area contributed by atoms with E-state index in [1.165, 1.54) is 0 Å². The van der Waals surface area contributed by atoms with E-state index in [-0.39, 0.29) is 18.4 Å². The smallest absolute Gasteiger partial charge is 0.237 e. The third kappa shape index (κ3) is 5.27. The quantitative estimate of drug-likeness (QED) is 0.658. The Morgan fingerprint density at radius 2 is 1.90 bits per heavy atom. The fourth-order valence-electron chi connectivity index (χ4n) is 1.51. The first-order chi connectivity index (χ1) is 9.56. The molecule has 1 rings (SSSR count). The number of amides is 2. The van der Waals surface area contributed by atoms with Crippen LogP contribution < -0.4 is 20.7 Å². The van der Waals surface area contributed by atoms with Crippen molar-refractivity contribution in [3.8, 4) is 5.75 Å². The van der Waals surface area contributed by atoms with Crippen LogP contribution in [0.25, 0.3) is 0 Å². The molecule has 0 spiro atoms. The number of benzene rings is 1. The second-order valence-corrected chi connectivity index (χ2v) is 4.34. The minimum absolute atomic E-state index is 0.119. The van der Waals surface area contributed by atoms with E-state index >= 15 is 0 Å². The molecule has 0 aliphatic rings. The first-order valence-corrected chi connectivity index (χ1v) is 6.41. The van der Waals surface area contributed by atoms with E-state index < -0.39 is 6.04 Å². The Morgan fingerprint density at radius 1 is 1.25 bits per heavy atom. The van der Waals surface area contributed by atoms with Gasteiger partial charge in [-0.05, 0) is 24.6 Å². The number of hydrogen-bond acceptors (Lipinski definition) is 4. The van der Waals surface area contributed by atoms with Crippen molar-refractivity contribution in [2.45, 2.75) is 19.5 Å². The van der Waals surface area contributed by atoms with Gasteiger partial charge >= 0.3 is 0 Å². The minimum atomic E-state index is -0.425. The Labute approximate surface area is 118 Å². The van der Waals surface area contributed by atoms with Crippen LogP contribution in [-0.2, 0) is 16.1 Å². The van der Waals surface area contributed by atoms with Gasteiger partial charge in [0.2, 0.25) is 11.8 Å². The zero-order valence-corrected chi connectivity index (χ0v) is 12.0. The summed E-state index contributed by atoms with van der Waals surface area (Å²) in [5.41, 5.74) is 0.984. The molecular formula is C14H21N3O3. The van der Waals surface area contributed by atoms with Crippen LogP contribution in [0.5, 0.6) is 5.75 Å². The summed E-state index contributed by atoms with van der Waals surface area (Å²) in [6, 6.07) is 7.04. The van der Waals surface area contributed by atoms with Gasteiger partial charge in [0.15, 0.2) is 0 Å². The Kier molecular flexibility index (Phi) is 6.52. The van der Waals surface area contributed by atoms with Crippen LogP contribution in [0.4, 0.5) is 0 Å². The van der Waals surface area contributed by atoms with Gasteiger partial charge in [0.05, 0.1) is 19.7 Å². The van der Waals surface area contributed by atoms with Gasteiger partial charge in [-0.25, -0.2) is 0 Å². The van der Waals surface area contributed by atoms with E-state index in [2.05, 4.69) is 16.0 Å². The Hall–Kier alpha value is -2.08. The van der Waals surface area contributed by atoms with Crippen molar-refractivity contribution in [3.05, 3.63) is 29.8 Å². The molecule has 3 N–H and O–H groups in total. The number of nitrogens with one attached hydrogen (secondary N) is 3. The molecule has 0 unspecified atom stereocenters. The fourth-order valence-corrected chi connectivity index (χ4v) is 1.51. The maximum absolute atomic E-state index is 11.8. The first-order valence-electron chi connectivity index (χ1n) is 6.41. The molecule has 0 saturated carbocycles. The topological polar surface area (TPSA) is 79.5 Å².